The Morgan fingerprint density at radius 1 is 1.19 bits per heavy atom. The van der Waals surface area contributed by atoms with Crippen LogP contribution in [0.3, 0.4) is 0 Å². The van der Waals surface area contributed by atoms with Gasteiger partial charge in [-0.1, -0.05) is 12.1 Å². The summed E-state index contributed by atoms with van der Waals surface area (Å²) < 4.78 is 8.09. The predicted molar refractivity (Wildman–Crippen MR) is 83.5 cm³/mol. The first-order valence-electron chi connectivity index (χ1n) is 7.73. The zero-order valence-corrected chi connectivity index (χ0v) is 12.6. The van der Waals surface area contributed by atoms with Gasteiger partial charge in [0.25, 0.3) is 0 Å². The van der Waals surface area contributed by atoms with Crippen LogP contribution in [0.15, 0.2) is 42.7 Å². The van der Waals surface area contributed by atoms with E-state index in [4.69, 9.17) is 4.74 Å². The normalized spacial score (nSPS) is 17.0. The maximum atomic E-state index is 6.09. The van der Waals surface area contributed by atoms with E-state index >= 15 is 0 Å². The highest BCUT2D eigenvalue weighted by Gasteiger charge is 2.20. The van der Waals surface area contributed by atoms with Gasteiger partial charge in [-0.3, -0.25) is 4.68 Å². The van der Waals surface area contributed by atoms with Gasteiger partial charge in [-0.05, 0) is 43.5 Å². The van der Waals surface area contributed by atoms with E-state index in [-0.39, 0.29) is 0 Å². The topological polar surface area (TPSA) is 30.3 Å². The highest BCUT2D eigenvalue weighted by molar-refractivity contribution is 5.27. The van der Waals surface area contributed by atoms with Crippen molar-refractivity contribution < 1.29 is 4.74 Å². The fourth-order valence-corrected chi connectivity index (χ4v) is 2.81. The Bertz CT molecular complexity index is 545. The lowest BCUT2D eigenvalue weighted by molar-refractivity contribution is 0.0979. The summed E-state index contributed by atoms with van der Waals surface area (Å²) in [6.07, 6.45) is 6.42. The lowest BCUT2D eigenvalue weighted by Crippen LogP contribution is -2.39. The number of piperidine rings is 1. The fraction of sp³-hybridized carbons (Fsp3) is 0.471. The van der Waals surface area contributed by atoms with E-state index in [1.807, 2.05) is 23.1 Å². The van der Waals surface area contributed by atoms with Crippen molar-refractivity contribution in [2.24, 2.45) is 0 Å². The first kappa shape index (κ1) is 14.1. The first-order valence-corrected chi connectivity index (χ1v) is 7.73. The number of aromatic nitrogens is 2. The number of benzene rings is 1. The van der Waals surface area contributed by atoms with Crippen LogP contribution >= 0.6 is 0 Å². The average Bonchev–Trinajstić information content (AvgIpc) is 3.00. The van der Waals surface area contributed by atoms with Gasteiger partial charge < -0.3 is 9.64 Å². The second-order valence-electron chi connectivity index (χ2n) is 5.74. The molecular weight excluding hydrogens is 262 g/mol. The molecule has 21 heavy (non-hydrogen) atoms. The highest BCUT2D eigenvalue weighted by Crippen LogP contribution is 2.19. The van der Waals surface area contributed by atoms with E-state index in [9.17, 15) is 0 Å². The van der Waals surface area contributed by atoms with Gasteiger partial charge in [-0.2, -0.15) is 5.10 Å². The molecule has 0 amide bonds. The van der Waals surface area contributed by atoms with Crippen molar-refractivity contribution in [2.45, 2.75) is 32.4 Å². The number of ether oxygens (including phenoxy) is 1. The SMILES string of the molecule is Cc1cccc(OC2CCN(CCn3cccn3)CC2)c1. The van der Waals surface area contributed by atoms with Crippen LogP contribution in [0, 0.1) is 6.92 Å². The molecule has 2 aromatic rings. The number of hydrogen-bond donors (Lipinski definition) is 0. The Hall–Kier alpha value is -1.81. The molecule has 0 spiro atoms. The summed E-state index contributed by atoms with van der Waals surface area (Å²) in [5, 5.41) is 4.24. The van der Waals surface area contributed by atoms with E-state index in [0.717, 1.165) is 44.8 Å². The minimum absolute atomic E-state index is 0.354. The number of likely N-dealkylation sites (tertiary alicyclic amines) is 1. The summed E-state index contributed by atoms with van der Waals surface area (Å²) in [6, 6.07) is 10.3. The maximum absolute atomic E-state index is 6.09. The van der Waals surface area contributed by atoms with Crippen molar-refractivity contribution in [3.63, 3.8) is 0 Å². The summed E-state index contributed by atoms with van der Waals surface area (Å²) in [5.41, 5.74) is 1.25. The van der Waals surface area contributed by atoms with Crippen LogP contribution in [0.25, 0.3) is 0 Å². The van der Waals surface area contributed by atoms with Gasteiger partial charge in [0.1, 0.15) is 11.9 Å². The molecular formula is C17H23N3O. The third-order valence-electron chi connectivity index (χ3n) is 4.03. The quantitative estimate of drug-likeness (QED) is 0.846. The minimum atomic E-state index is 0.354. The van der Waals surface area contributed by atoms with Crippen molar-refractivity contribution in [1.82, 2.24) is 14.7 Å². The second kappa shape index (κ2) is 6.76. The van der Waals surface area contributed by atoms with E-state index < -0.39 is 0 Å². The van der Waals surface area contributed by atoms with E-state index in [1.165, 1.54) is 5.56 Å². The predicted octanol–water partition coefficient (Wildman–Crippen LogP) is 2.73. The van der Waals surface area contributed by atoms with Crippen LogP contribution < -0.4 is 4.74 Å². The molecule has 2 heterocycles. The molecule has 1 aromatic carbocycles. The zero-order chi connectivity index (χ0) is 14.5. The van der Waals surface area contributed by atoms with Crippen molar-refractivity contribution in [2.75, 3.05) is 19.6 Å². The molecule has 3 rings (SSSR count). The van der Waals surface area contributed by atoms with Gasteiger partial charge in [0, 0.05) is 32.0 Å². The molecule has 1 fully saturated rings. The molecule has 112 valence electrons. The molecule has 0 aliphatic carbocycles. The third kappa shape index (κ3) is 4.08. The Kier molecular flexibility index (Phi) is 4.55. The zero-order valence-electron chi connectivity index (χ0n) is 12.6. The summed E-state index contributed by atoms with van der Waals surface area (Å²) >= 11 is 0. The molecule has 0 atom stereocenters. The van der Waals surface area contributed by atoms with Crippen LogP contribution in [0.2, 0.25) is 0 Å². The molecule has 0 radical (unpaired) electrons. The first-order chi connectivity index (χ1) is 10.3. The number of nitrogens with zero attached hydrogens (tertiary/aromatic N) is 3. The van der Waals surface area contributed by atoms with Crippen LogP contribution in [-0.4, -0.2) is 40.4 Å². The average molecular weight is 285 g/mol. The smallest absolute Gasteiger partial charge is 0.119 e. The summed E-state index contributed by atoms with van der Waals surface area (Å²) in [6.45, 7) is 6.36. The lowest BCUT2D eigenvalue weighted by Gasteiger charge is -2.32. The number of hydrogen-bond acceptors (Lipinski definition) is 3. The third-order valence-corrected chi connectivity index (χ3v) is 4.03. The molecule has 0 bridgehead atoms. The van der Waals surface area contributed by atoms with E-state index in [0.29, 0.717) is 6.10 Å². The van der Waals surface area contributed by atoms with Gasteiger partial charge in [0.05, 0.1) is 6.54 Å². The molecule has 0 N–H and O–H groups in total. The molecule has 1 saturated heterocycles. The Morgan fingerprint density at radius 3 is 2.76 bits per heavy atom. The Balaban J connectivity index is 1.42. The van der Waals surface area contributed by atoms with E-state index in [2.05, 4.69) is 41.2 Å². The molecule has 4 nitrogen and oxygen atoms in total. The summed E-state index contributed by atoms with van der Waals surface area (Å²) in [4.78, 5) is 2.50. The molecule has 0 unspecified atom stereocenters. The number of rotatable bonds is 5. The molecule has 1 aromatic heterocycles. The fourth-order valence-electron chi connectivity index (χ4n) is 2.81. The van der Waals surface area contributed by atoms with Crippen LogP contribution in [0.1, 0.15) is 18.4 Å². The van der Waals surface area contributed by atoms with Crippen LogP contribution in [0.5, 0.6) is 5.75 Å². The van der Waals surface area contributed by atoms with Gasteiger partial charge in [-0.15, -0.1) is 0 Å². The monoisotopic (exact) mass is 285 g/mol. The highest BCUT2D eigenvalue weighted by atomic mass is 16.5. The van der Waals surface area contributed by atoms with Crippen LogP contribution in [0.4, 0.5) is 0 Å². The largest absolute Gasteiger partial charge is 0.490 e. The maximum Gasteiger partial charge on any atom is 0.119 e. The van der Waals surface area contributed by atoms with Crippen molar-refractivity contribution in [3.8, 4) is 5.75 Å². The summed E-state index contributed by atoms with van der Waals surface area (Å²) in [5.74, 6) is 1.00. The second-order valence-corrected chi connectivity index (χ2v) is 5.74. The van der Waals surface area contributed by atoms with E-state index in [1.54, 1.807) is 0 Å². The lowest BCUT2D eigenvalue weighted by atomic mass is 10.1. The van der Waals surface area contributed by atoms with Gasteiger partial charge >= 0.3 is 0 Å². The van der Waals surface area contributed by atoms with Gasteiger partial charge in [-0.25, -0.2) is 0 Å². The minimum Gasteiger partial charge on any atom is -0.490 e. The molecule has 1 aliphatic heterocycles. The van der Waals surface area contributed by atoms with Crippen LogP contribution in [-0.2, 0) is 6.54 Å². The molecule has 4 heteroatoms. The molecule has 0 saturated carbocycles. The standard InChI is InChI=1S/C17H23N3O/c1-15-4-2-5-17(14-15)21-16-6-10-19(11-7-16)12-13-20-9-3-8-18-20/h2-5,8-9,14,16H,6-7,10-13H2,1H3. The Labute approximate surface area is 126 Å². The number of aryl methyl sites for hydroxylation is 1. The van der Waals surface area contributed by atoms with Crippen molar-refractivity contribution >= 4 is 0 Å². The van der Waals surface area contributed by atoms with Gasteiger partial charge in [0.15, 0.2) is 0 Å². The van der Waals surface area contributed by atoms with Gasteiger partial charge in [0.2, 0.25) is 0 Å². The molecule has 1 aliphatic rings. The Morgan fingerprint density at radius 2 is 2.05 bits per heavy atom. The van der Waals surface area contributed by atoms with Crippen molar-refractivity contribution in [3.05, 3.63) is 48.3 Å². The summed E-state index contributed by atoms with van der Waals surface area (Å²) in [7, 11) is 0. The van der Waals surface area contributed by atoms with Crippen molar-refractivity contribution in [1.29, 1.82) is 0 Å².